The number of benzene rings is 1. The number of hydrogen-bond donors (Lipinski definition) is 0. The first kappa shape index (κ1) is 14.1. The maximum Gasteiger partial charge on any atom is 0.268 e. The topological polar surface area (TPSA) is 81.2 Å². The summed E-state index contributed by atoms with van der Waals surface area (Å²) in [7, 11) is 1.52. The van der Waals surface area contributed by atoms with Crippen molar-refractivity contribution in [1.82, 2.24) is 10.1 Å². The first-order valence-electron chi connectivity index (χ1n) is 6.37. The van der Waals surface area contributed by atoms with Gasteiger partial charge in [-0.2, -0.15) is 10.2 Å². The van der Waals surface area contributed by atoms with Crippen molar-refractivity contribution >= 4 is 11.3 Å². The molecule has 22 heavy (non-hydrogen) atoms. The first-order chi connectivity index (χ1) is 10.8. The SMILES string of the molecule is COc1cc(C#N)ccc1OCc1noc(-c2cccs2)n1. The smallest absolute Gasteiger partial charge is 0.268 e. The highest BCUT2D eigenvalue weighted by molar-refractivity contribution is 7.13. The molecule has 0 amide bonds. The number of ether oxygens (including phenoxy) is 2. The van der Waals surface area contributed by atoms with Crippen LogP contribution in [0.2, 0.25) is 0 Å². The Bertz CT molecular complexity index is 806. The Morgan fingerprint density at radius 2 is 2.23 bits per heavy atom. The lowest BCUT2D eigenvalue weighted by atomic mass is 10.2. The van der Waals surface area contributed by atoms with Crippen LogP contribution in [0.3, 0.4) is 0 Å². The average molecular weight is 313 g/mol. The Kier molecular flexibility index (Phi) is 4.03. The van der Waals surface area contributed by atoms with Gasteiger partial charge in [0.05, 0.1) is 23.6 Å². The van der Waals surface area contributed by atoms with Crippen LogP contribution in [-0.4, -0.2) is 17.3 Å². The number of hydrogen-bond acceptors (Lipinski definition) is 7. The van der Waals surface area contributed by atoms with E-state index in [1.54, 1.807) is 18.2 Å². The Balaban J connectivity index is 1.72. The van der Waals surface area contributed by atoms with E-state index in [4.69, 9.17) is 19.3 Å². The molecule has 2 heterocycles. The zero-order chi connectivity index (χ0) is 15.4. The molecule has 3 rings (SSSR count). The molecule has 7 heteroatoms. The molecule has 0 aliphatic carbocycles. The molecular formula is C15H11N3O3S. The molecule has 0 aliphatic rings. The molecule has 0 fully saturated rings. The fourth-order valence-corrected chi connectivity index (χ4v) is 2.46. The predicted octanol–water partition coefficient (Wildman–Crippen LogP) is 3.26. The van der Waals surface area contributed by atoms with E-state index in [1.807, 2.05) is 23.6 Å². The quantitative estimate of drug-likeness (QED) is 0.719. The third-order valence-corrected chi connectivity index (χ3v) is 3.71. The van der Waals surface area contributed by atoms with E-state index in [0.717, 1.165) is 4.88 Å². The molecule has 0 bridgehead atoms. The summed E-state index contributed by atoms with van der Waals surface area (Å²) in [6, 6.07) is 10.8. The Morgan fingerprint density at radius 1 is 1.32 bits per heavy atom. The van der Waals surface area contributed by atoms with Crippen LogP contribution in [0.1, 0.15) is 11.4 Å². The molecule has 0 N–H and O–H groups in total. The molecule has 110 valence electrons. The number of aromatic nitrogens is 2. The summed E-state index contributed by atoms with van der Waals surface area (Å²) in [6.07, 6.45) is 0. The van der Waals surface area contributed by atoms with Gasteiger partial charge in [-0.15, -0.1) is 11.3 Å². The molecule has 0 radical (unpaired) electrons. The van der Waals surface area contributed by atoms with Crippen LogP contribution in [0.5, 0.6) is 11.5 Å². The zero-order valence-corrected chi connectivity index (χ0v) is 12.5. The zero-order valence-electron chi connectivity index (χ0n) is 11.6. The van der Waals surface area contributed by atoms with Crippen LogP contribution < -0.4 is 9.47 Å². The summed E-state index contributed by atoms with van der Waals surface area (Å²) >= 11 is 1.53. The van der Waals surface area contributed by atoms with E-state index >= 15 is 0 Å². The number of rotatable bonds is 5. The lowest BCUT2D eigenvalue weighted by Crippen LogP contribution is -1.99. The highest BCUT2D eigenvalue weighted by Crippen LogP contribution is 2.29. The van der Waals surface area contributed by atoms with Crippen molar-refractivity contribution in [3.05, 3.63) is 47.1 Å². The minimum Gasteiger partial charge on any atom is -0.493 e. The number of thiophene rings is 1. The van der Waals surface area contributed by atoms with Gasteiger partial charge in [-0.05, 0) is 23.6 Å². The lowest BCUT2D eigenvalue weighted by Gasteiger charge is -2.08. The normalized spacial score (nSPS) is 10.2. The van der Waals surface area contributed by atoms with Crippen molar-refractivity contribution in [2.24, 2.45) is 0 Å². The molecule has 3 aromatic rings. The van der Waals surface area contributed by atoms with Crippen LogP contribution in [0.25, 0.3) is 10.8 Å². The fraction of sp³-hybridized carbons (Fsp3) is 0.133. The van der Waals surface area contributed by atoms with Crippen LogP contribution in [-0.2, 0) is 6.61 Å². The van der Waals surface area contributed by atoms with E-state index in [9.17, 15) is 0 Å². The van der Waals surface area contributed by atoms with Gasteiger partial charge in [-0.25, -0.2) is 0 Å². The Hall–Kier alpha value is -2.85. The minimum atomic E-state index is 0.150. The maximum atomic E-state index is 8.87. The maximum absolute atomic E-state index is 8.87. The molecule has 0 atom stereocenters. The van der Waals surface area contributed by atoms with E-state index < -0.39 is 0 Å². The average Bonchev–Trinajstić information content (AvgIpc) is 3.23. The van der Waals surface area contributed by atoms with Gasteiger partial charge in [0, 0.05) is 6.07 Å². The van der Waals surface area contributed by atoms with Gasteiger partial charge in [-0.3, -0.25) is 0 Å². The van der Waals surface area contributed by atoms with E-state index in [1.165, 1.54) is 18.4 Å². The standard InChI is InChI=1S/C15H11N3O3S/c1-19-12-7-10(8-16)4-5-11(12)20-9-14-17-15(21-18-14)13-3-2-6-22-13/h2-7H,9H2,1H3. The largest absolute Gasteiger partial charge is 0.493 e. The summed E-state index contributed by atoms with van der Waals surface area (Å²) in [5.74, 6) is 1.92. The summed E-state index contributed by atoms with van der Waals surface area (Å²) in [4.78, 5) is 5.18. The van der Waals surface area contributed by atoms with Crippen LogP contribution in [0.4, 0.5) is 0 Å². The van der Waals surface area contributed by atoms with Gasteiger partial charge in [0.1, 0.15) is 0 Å². The van der Waals surface area contributed by atoms with Crippen LogP contribution in [0.15, 0.2) is 40.2 Å². The lowest BCUT2D eigenvalue weighted by molar-refractivity contribution is 0.270. The van der Waals surface area contributed by atoms with Gasteiger partial charge in [0.25, 0.3) is 5.89 Å². The molecule has 0 spiro atoms. The molecule has 0 saturated heterocycles. The van der Waals surface area contributed by atoms with E-state index in [0.29, 0.717) is 28.8 Å². The molecule has 6 nitrogen and oxygen atoms in total. The predicted molar refractivity (Wildman–Crippen MR) is 79.7 cm³/mol. The second kappa shape index (κ2) is 6.28. The molecule has 0 saturated carbocycles. The number of nitriles is 1. The second-order valence-corrected chi connectivity index (χ2v) is 5.21. The van der Waals surface area contributed by atoms with Crippen molar-refractivity contribution in [3.8, 4) is 28.3 Å². The van der Waals surface area contributed by atoms with Crippen molar-refractivity contribution in [3.63, 3.8) is 0 Å². The van der Waals surface area contributed by atoms with E-state index in [-0.39, 0.29) is 6.61 Å². The van der Waals surface area contributed by atoms with Gasteiger partial charge < -0.3 is 14.0 Å². The van der Waals surface area contributed by atoms with E-state index in [2.05, 4.69) is 10.1 Å². The Morgan fingerprint density at radius 3 is 2.95 bits per heavy atom. The van der Waals surface area contributed by atoms with Crippen molar-refractivity contribution < 1.29 is 14.0 Å². The second-order valence-electron chi connectivity index (χ2n) is 4.26. The number of nitrogens with zero attached hydrogens (tertiary/aromatic N) is 3. The minimum absolute atomic E-state index is 0.150. The summed E-state index contributed by atoms with van der Waals surface area (Å²) < 4.78 is 16.0. The van der Waals surface area contributed by atoms with Gasteiger partial charge >= 0.3 is 0 Å². The summed E-state index contributed by atoms with van der Waals surface area (Å²) in [6.45, 7) is 0.150. The molecule has 0 aliphatic heterocycles. The van der Waals surface area contributed by atoms with Crippen molar-refractivity contribution in [1.29, 1.82) is 5.26 Å². The van der Waals surface area contributed by atoms with Gasteiger partial charge in [0.2, 0.25) is 5.82 Å². The molecule has 2 aromatic heterocycles. The van der Waals surface area contributed by atoms with Gasteiger partial charge in [0.15, 0.2) is 18.1 Å². The third kappa shape index (κ3) is 2.92. The third-order valence-electron chi connectivity index (χ3n) is 2.85. The van der Waals surface area contributed by atoms with Crippen molar-refractivity contribution in [2.75, 3.05) is 7.11 Å². The number of methoxy groups -OCH3 is 1. The molecular weight excluding hydrogens is 302 g/mol. The van der Waals surface area contributed by atoms with Crippen LogP contribution >= 0.6 is 11.3 Å². The first-order valence-corrected chi connectivity index (χ1v) is 7.25. The molecule has 1 aromatic carbocycles. The summed E-state index contributed by atoms with van der Waals surface area (Å²) in [5, 5.41) is 14.7. The fourth-order valence-electron chi connectivity index (χ4n) is 1.81. The molecule has 0 unspecified atom stereocenters. The van der Waals surface area contributed by atoms with Crippen LogP contribution in [0, 0.1) is 11.3 Å². The highest BCUT2D eigenvalue weighted by atomic mass is 32.1. The van der Waals surface area contributed by atoms with Gasteiger partial charge in [-0.1, -0.05) is 11.2 Å². The van der Waals surface area contributed by atoms with Crippen molar-refractivity contribution in [2.45, 2.75) is 6.61 Å². The Labute approximate surface area is 130 Å². The monoisotopic (exact) mass is 313 g/mol. The highest BCUT2D eigenvalue weighted by Gasteiger charge is 2.11. The summed E-state index contributed by atoms with van der Waals surface area (Å²) in [5.41, 5.74) is 0.503.